The molecular formula is C16H21BrFN5O. The van der Waals surface area contributed by atoms with Crippen LogP contribution in [-0.2, 0) is 13.0 Å². The molecule has 8 heteroatoms. The van der Waals surface area contributed by atoms with E-state index >= 15 is 0 Å². The van der Waals surface area contributed by atoms with Crippen LogP contribution < -0.4 is 10.6 Å². The molecule has 2 rings (SSSR count). The topological polar surface area (TPSA) is 75.3 Å². The lowest BCUT2D eigenvalue weighted by Crippen LogP contribution is -2.37. The molecule has 0 radical (unpaired) electrons. The second-order valence-electron chi connectivity index (χ2n) is 5.20. The van der Waals surface area contributed by atoms with Gasteiger partial charge in [0.1, 0.15) is 12.4 Å². The van der Waals surface area contributed by atoms with Gasteiger partial charge in [-0.3, -0.25) is 0 Å². The van der Waals surface area contributed by atoms with Crippen molar-refractivity contribution in [2.75, 3.05) is 13.1 Å². The van der Waals surface area contributed by atoms with Crippen LogP contribution in [0.3, 0.4) is 0 Å². The van der Waals surface area contributed by atoms with E-state index in [-0.39, 0.29) is 5.82 Å². The molecule has 0 aliphatic carbocycles. The van der Waals surface area contributed by atoms with Gasteiger partial charge in [0, 0.05) is 17.6 Å². The number of benzene rings is 1. The molecule has 6 nitrogen and oxygen atoms in total. The summed E-state index contributed by atoms with van der Waals surface area (Å²) in [7, 11) is 0. The van der Waals surface area contributed by atoms with Gasteiger partial charge < -0.3 is 15.2 Å². The summed E-state index contributed by atoms with van der Waals surface area (Å²) in [4.78, 5) is 8.50. The summed E-state index contributed by atoms with van der Waals surface area (Å²) in [5, 5.41) is 10.1. The van der Waals surface area contributed by atoms with E-state index in [4.69, 9.17) is 4.52 Å². The number of aromatic nitrogens is 2. The fourth-order valence-corrected chi connectivity index (χ4v) is 2.44. The first-order valence-electron chi connectivity index (χ1n) is 7.83. The van der Waals surface area contributed by atoms with Gasteiger partial charge in [-0.25, -0.2) is 9.38 Å². The van der Waals surface area contributed by atoms with Crippen molar-refractivity contribution >= 4 is 21.9 Å². The molecule has 0 bridgehead atoms. The third-order valence-electron chi connectivity index (χ3n) is 3.22. The lowest BCUT2D eigenvalue weighted by molar-refractivity contribution is 0.376. The number of halogens is 2. The molecule has 1 aromatic heterocycles. The van der Waals surface area contributed by atoms with Gasteiger partial charge in [0.25, 0.3) is 0 Å². The summed E-state index contributed by atoms with van der Waals surface area (Å²) in [5.74, 6) is 1.55. The van der Waals surface area contributed by atoms with Crippen molar-refractivity contribution in [3.8, 4) is 0 Å². The first kappa shape index (κ1) is 18.4. The Morgan fingerprint density at radius 3 is 2.88 bits per heavy atom. The van der Waals surface area contributed by atoms with Crippen molar-refractivity contribution in [1.29, 1.82) is 0 Å². The summed E-state index contributed by atoms with van der Waals surface area (Å²) >= 11 is 3.26. The van der Waals surface area contributed by atoms with Crippen molar-refractivity contribution in [1.82, 2.24) is 20.8 Å². The number of nitrogens with one attached hydrogen (secondary N) is 2. The Morgan fingerprint density at radius 2 is 2.21 bits per heavy atom. The van der Waals surface area contributed by atoms with E-state index in [9.17, 15) is 4.39 Å². The van der Waals surface area contributed by atoms with Crippen LogP contribution in [0.1, 0.15) is 30.6 Å². The lowest BCUT2D eigenvalue weighted by atomic mass is 10.1. The van der Waals surface area contributed by atoms with Crippen LogP contribution in [0, 0.1) is 12.7 Å². The fourth-order valence-electron chi connectivity index (χ4n) is 2.10. The van der Waals surface area contributed by atoms with Crippen molar-refractivity contribution in [3.05, 3.63) is 45.8 Å². The molecule has 2 aromatic rings. The van der Waals surface area contributed by atoms with Crippen molar-refractivity contribution in [2.45, 2.75) is 33.2 Å². The average molecular weight is 398 g/mol. The van der Waals surface area contributed by atoms with Gasteiger partial charge >= 0.3 is 0 Å². The van der Waals surface area contributed by atoms with Crippen LogP contribution in [0.5, 0.6) is 0 Å². The van der Waals surface area contributed by atoms with Crippen molar-refractivity contribution in [3.63, 3.8) is 0 Å². The third kappa shape index (κ3) is 5.92. The van der Waals surface area contributed by atoms with Crippen LogP contribution >= 0.6 is 15.9 Å². The molecule has 0 amide bonds. The largest absolute Gasteiger partial charge is 0.357 e. The fraction of sp³-hybridized carbons (Fsp3) is 0.438. The number of aryl methyl sites for hydroxylation is 2. The van der Waals surface area contributed by atoms with Crippen molar-refractivity contribution in [2.24, 2.45) is 4.99 Å². The second-order valence-corrected chi connectivity index (χ2v) is 6.11. The zero-order chi connectivity index (χ0) is 17.4. The van der Waals surface area contributed by atoms with E-state index in [2.05, 4.69) is 41.7 Å². The molecule has 0 fully saturated rings. The van der Waals surface area contributed by atoms with E-state index in [1.165, 1.54) is 6.07 Å². The van der Waals surface area contributed by atoms with Gasteiger partial charge in [-0.05, 0) is 44.4 Å². The van der Waals surface area contributed by atoms with Gasteiger partial charge in [0.2, 0.25) is 5.89 Å². The zero-order valence-electron chi connectivity index (χ0n) is 13.8. The minimum Gasteiger partial charge on any atom is -0.357 e. The molecule has 130 valence electrons. The van der Waals surface area contributed by atoms with Gasteiger partial charge in [-0.1, -0.05) is 27.2 Å². The highest BCUT2D eigenvalue weighted by atomic mass is 79.9. The highest BCUT2D eigenvalue weighted by Crippen LogP contribution is 2.16. The van der Waals surface area contributed by atoms with E-state index in [0.717, 1.165) is 17.4 Å². The maximum absolute atomic E-state index is 13.8. The number of guanidine groups is 1. The molecule has 24 heavy (non-hydrogen) atoms. The Hall–Kier alpha value is -1.96. The van der Waals surface area contributed by atoms with Gasteiger partial charge in [-0.2, -0.15) is 4.98 Å². The van der Waals surface area contributed by atoms with E-state index in [1.54, 1.807) is 13.0 Å². The molecule has 0 saturated heterocycles. The Kier molecular flexibility index (Phi) is 7.17. The Bertz CT molecular complexity index is 689. The summed E-state index contributed by atoms with van der Waals surface area (Å²) in [6.45, 7) is 5.50. The highest BCUT2D eigenvalue weighted by molar-refractivity contribution is 9.10. The quantitative estimate of drug-likeness (QED) is 0.426. The minimum absolute atomic E-state index is 0.184. The normalized spacial score (nSPS) is 11.6. The van der Waals surface area contributed by atoms with Crippen LogP contribution in [0.4, 0.5) is 4.39 Å². The molecule has 0 saturated carbocycles. The summed E-state index contributed by atoms with van der Waals surface area (Å²) in [6.07, 6.45) is 1.46. The molecule has 0 aliphatic rings. The SMILES string of the molecule is CCNC(=NCc1nc(C)no1)NCCCc1ccc(Br)cc1F. The molecule has 1 aromatic carbocycles. The Morgan fingerprint density at radius 1 is 1.38 bits per heavy atom. The van der Waals surface area contributed by atoms with Crippen LogP contribution in [0.15, 0.2) is 32.2 Å². The first-order chi connectivity index (χ1) is 11.6. The molecule has 2 N–H and O–H groups in total. The standard InChI is InChI=1S/C16H21BrFN5O/c1-3-19-16(21-10-15-22-11(2)23-24-15)20-8-4-5-12-6-7-13(17)9-14(12)18/h6-7,9H,3-5,8,10H2,1-2H3,(H2,19,20,21). The third-order valence-corrected chi connectivity index (χ3v) is 3.71. The highest BCUT2D eigenvalue weighted by Gasteiger charge is 2.05. The number of rotatable bonds is 7. The number of hydrogen-bond donors (Lipinski definition) is 2. The Labute approximate surface area is 149 Å². The monoisotopic (exact) mass is 397 g/mol. The zero-order valence-corrected chi connectivity index (χ0v) is 15.4. The predicted octanol–water partition coefficient (Wildman–Crippen LogP) is 2.97. The first-order valence-corrected chi connectivity index (χ1v) is 8.63. The van der Waals surface area contributed by atoms with Gasteiger partial charge in [-0.15, -0.1) is 0 Å². The molecule has 0 unspecified atom stereocenters. The molecule has 1 heterocycles. The van der Waals surface area contributed by atoms with Gasteiger partial charge in [0.05, 0.1) is 0 Å². The lowest BCUT2D eigenvalue weighted by Gasteiger charge is -2.11. The molecule has 0 aliphatic heterocycles. The van der Waals surface area contributed by atoms with Crippen molar-refractivity contribution < 1.29 is 8.91 Å². The maximum Gasteiger partial charge on any atom is 0.248 e. The molecule has 0 atom stereocenters. The Balaban J connectivity index is 1.80. The average Bonchev–Trinajstić information content (AvgIpc) is 2.96. The maximum atomic E-state index is 13.8. The van der Waals surface area contributed by atoms with Crippen LogP contribution in [0.2, 0.25) is 0 Å². The van der Waals surface area contributed by atoms with E-state index in [1.807, 2.05) is 13.0 Å². The minimum atomic E-state index is -0.184. The summed E-state index contributed by atoms with van der Waals surface area (Å²) in [5.41, 5.74) is 0.711. The summed E-state index contributed by atoms with van der Waals surface area (Å²) in [6, 6.07) is 5.14. The van der Waals surface area contributed by atoms with Gasteiger partial charge in [0.15, 0.2) is 11.8 Å². The predicted molar refractivity (Wildman–Crippen MR) is 94.3 cm³/mol. The molecule has 0 spiro atoms. The number of nitrogens with zero attached hydrogens (tertiary/aromatic N) is 3. The number of aliphatic imine (C=N–C) groups is 1. The summed E-state index contributed by atoms with van der Waals surface area (Å²) < 4.78 is 19.5. The number of hydrogen-bond acceptors (Lipinski definition) is 4. The second kappa shape index (κ2) is 9.36. The van der Waals surface area contributed by atoms with E-state index in [0.29, 0.717) is 42.7 Å². The molecular weight excluding hydrogens is 377 g/mol. The smallest absolute Gasteiger partial charge is 0.248 e. The van der Waals surface area contributed by atoms with E-state index < -0.39 is 0 Å². The van der Waals surface area contributed by atoms with Crippen LogP contribution in [0.25, 0.3) is 0 Å². The van der Waals surface area contributed by atoms with Crippen LogP contribution in [-0.4, -0.2) is 29.2 Å².